The van der Waals surface area contributed by atoms with Crippen LogP contribution in [0.3, 0.4) is 0 Å². The smallest absolute Gasteiger partial charge is 0.331 e. The number of halogens is 1. The van der Waals surface area contributed by atoms with E-state index in [-0.39, 0.29) is 6.61 Å². The van der Waals surface area contributed by atoms with Crippen molar-refractivity contribution in [3.05, 3.63) is 107 Å². The second-order valence-corrected chi connectivity index (χ2v) is 8.14. The normalized spacial score (nSPS) is 11.4. The molecule has 1 heterocycles. The first-order valence-electron chi connectivity index (χ1n) is 10.9. The molecule has 0 aliphatic carbocycles. The van der Waals surface area contributed by atoms with E-state index in [4.69, 9.17) is 26.2 Å². The van der Waals surface area contributed by atoms with Gasteiger partial charge in [0.25, 0.3) is 0 Å². The minimum absolute atomic E-state index is 0.290. The van der Waals surface area contributed by atoms with Crippen molar-refractivity contribution in [2.75, 3.05) is 13.7 Å². The molecule has 0 aliphatic rings. The summed E-state index contributed by atoms with van der Waals surface area (Å²) >= 11 is 6.10. The summed E-state index contributed by atoms with van der Waals surface area (Å²) in [7, 11) is 1.64. The number of aromatic nitrogens is 2. The fourth-order valence-electron chi connectivity index (χ4n) is 3.60. The lowest BCUT2D eigenvalue weighted by molar-refractivity contribution is -0.137. The number of rotatable bonds is 7. The maximum atomic E-state index is 12.4. The molecule has 172 valence electrons. The molecule has 0 amide bonds. The van der Waals surface area contributed by atoms with Crippen LogP contribution in [-0.4, -0.2) is 29.5 Å². The average molecular weight is 473 g/mol. The third kappa shape index (κ3) is 5.21. The number of carbonyl (C=O) groups is 1. The summed E-state index contributed by atoms with van der Waals surface area (Å²) < 4.78 is 12.4. The third-order valence-electron chi connectivity index (χ3n) is 5.35. The Kier molecular flexibility index (Phi) is 7.14. The number of esters is 1. The van der Waals surface area contributed by atoms with E-state index in [2.05, 4.69) is 31.2 Å². The fourth-order valence-corrected chi connectivity index (χ4v) is 3.73. The van der Waals surface area contributed by atoms with Crippen LogP contribution in [0, 0.1) is 6.92 Å². The molecule has 0 N–H and O–H groups in total. The Morgan fingerprint density at radius 3 is 2.29 bits per heavy atom. The molecular weight excluding hydrogens is 448 g/mol. The van der Waals surface area contributed by atoms with Gasteiger partial charge in [-0.1, -0.05) is 53.6 Å². The van der Waals surface area contributed by atoms with E-state index < -0.39 is 5.97 Å². The molecule has 1 aromatic heterocycles. The average Bonchev–Trinajstić information content (AvgIpc) is 3.29. The predicted octanol–water partition coefficient (Wildman–Crippen LogP) is 6.50. The number of methoxy groups -OCH3 is 1. The molecule has 0 aliphatic heterocycles. The van der Waals surface area contributed by atoms with Crippen molar-refractivity contribution in [2.45, 2.75) is 13.8 Å². The van der Waals surface area contributed by atoms with Gasteiger partial charge in [-0.25, -0.2) is 9.48 Å². The molecule has 0 fully saturated rings. The van der Waals surface area contributed by atoms with Gasteiger partial charge in [0.15, 0.2) is 0 Å². The zero-order chi connectivity index (χ0) is 24.1. The zero-order valence-corrected chi connectivity index (χ0v) is 20.0. The number of nitrogens with zero attached hydrogens (tertiary/aromatic N) is 2. The van der Waals surface area contributed by atoms with Crippen molar-refractivity contribution in [3.8, 4) is 22.7 Å². The lowest BCUT2D eigenvalue weighted by Crippen LogP contribution is -2.03. The highest BCUT2D eigenvalue weighted by atomic mass is 35.5. The molecule has 3 aromatic carbocycles. The van der Waals surface area contributed by atoms with Crippen molar-refractivity contribution in [1.29, 1.82) is 0 Å². The molecule has 0 bridgehead atoms. The van der Waals surface area contributed by atoms with Crippen LogP contribution < -0.4 is 4.74 Å². The van der Waals surface area contributed by atoms with Gasteiger partial charge < -0.3 is 9.47 Å². The molecule has 0 spiro atoms. The minimum atomic E-state index is -0.427. The Labute approximate surface area is 204 Å². The summed E-state index contributed by atoms with van der Waals surface area (Å²) in [6.45, 7) is 4.12. The molecule has 6 heteroatoms. The molecule has 0 unspecified atom stereocenters. The first-order chi connectivity index (χ1) is 16.5. The molecular formula is C28H25ClN2O3. The van der Waals surface area contributed by atoms with E-state index in [1.165, 1.54) is 11.6 Å². The van der Waals surface area contributed by atoms with Crippen LogP contribution >= 0.6 is 11.6 Å². The van der Waals surface area contributed by atoms with Gasteiger partial charge in [-0.15, -0.1) is 0 Å². The molecule has 34 heavy (non-hydrogen) atoms. The van der Waals surface area contributed by atoms with Crippen molar-refractivity contribution >= 4 is 23.1 Å². The molecule has 4 aromatic rings. The Morgan fingerprint density at radius 2 is 1.68 bits per heavy atom. The van der Waals surface area contributed by atoms with E-state index in [1.807, 2.05) is 47.1 Å². The lowest BCUT2D eigenvalue weighted by atomic mass is 10.0. The van der Waals surface area contributed by atoms with Crippen LogP contribution in [0.2, 0.25) is 5.02 Å². The molecule has 4 rings (SSSR count). The van der Waals surface area contributed by atoms with Gasteiger partial charge in [-0.2, -0.15) is 5.10 Å². The van der Waals surface area contributed by atoms with Gasteiger partial charge >= 0.3 is 5.97 Å². The number of hydrogen-bond donors (Lipinski definition) is 0. The standard InChI is InChI=1S/C28H25ClN2O3/c1-4-34-28(32)17-25(20-9-11-22(29)12-10-20)26-18-27(21-7-5-19(2)6-8-21)31(30-26)23-13-15-24(33-3)16-14-23/h5-18H,4H2,1-3H3/b25-17+. The third-order valence-corrected chi connectivity index (χ3v) is 5.61. The monoisotopic (exact) mass is 472 g/mol. The molecule has 5 nitrogen and oxygen atoms in total. The predicted molar refractivity (Wildman–Crippen MR) is 135 cm³/mol. The summed E-state index contributed by atoms with van der Waals surface area (Å²) in [5.41, 5.74) is 6.04. The molecule has 0 atom stereocenters. The van der Waals surface area contributed by atoms with Gasteiger partial charge in [0, 0.05) is 22.2 Å². The topological polar surface area (TPSA) is 53.4 Å². The highest BCUT2D eigenvalue weighted by Gasteiger charge is 2.17. The van der Waals surface area contributed by atoms with Gasteiger partial charge in [0.05, 0.1) is 30.8 Å². The minimum Gasteiger partial charge on any atom is -0.497 e. The van der Waals surface area contributed by atoms with Crippen LogP contribution in [0.15, 0.2) is 84.9 Å². The summed E-state index contributed by atoms with van der Waals surface area (Å²) in [4.78, 5) is 12.4. The van der Waals surface area contributed by atoms with Crippen LogP contribution in [0.5, 0.6) is 5.75 Å². The second kappa shape index (κ2) is 10.4. The van der Waals surface area contributed by atoms with Crippen molar-refractivity contribution < 1.29 is 14.3 Å². The van der Waals surface area contributed by atoms with Crippen molar-refractivity contribution in [1.82, 2.24) is 9.78 Å². The molecule has 0 radical (unpaired) electrons. The zero-order valence-electron chi connectivity index (χ0n) is 19.3. The van der Waals surface area contributed by atoms with Crippen molar-refractivity contribution in [3.63, 3.8) is 0 Å². The van der Waals surface area contributed by atoms with Gasteiger partial charge in [0.1, 0.15) is 5.75 Å². The fraction of sp³-hybridized carbons (Fsp3) is 0.143. The Balaban J connectivity index is 1.90. The second-order valence-electron chi connectivity index (χ2n) is 7.71. The van der Waals surface area contributed by atoms with E-state index in [0.29, 0.717) is 16.3 Å². The van der Waals surface area contributed by atoms with E-state index in [0.717, 1.165) is 28.3 Å². The molecule has 0 saturated heterocycles. The summed E-state index contributed by atoms with van der Waals surface area (Å²) in [6, 6.07) is 25.2. The first-order valence-corrected chi connectivity index (χ1v) is 11.3. The summed E-state index contributed by atoms with van der Waals surface area (Å²) in [5, 5.41) is 5.53. The highest BCUT2D eigenvalue weighted by Crippen LogP contribution is 2.31. The Bertz CT molecular complexity index is 1310. The maximum absolute atomic E-state index is 12.4. The number of ether oxygens (including phenoxy) is 2. The van der Waals surface area contributed by atoms with E-state index in [9.17, 15) is 4.79 Å². The van der Waals surface area contributed by atoms with Gasteiger partial charge in [-0.3, -0.25) is 0 Å². The van der Waals surface area contributed by atoms with Crippen molar-refractivity contribution in [2.24, 2.45) is 0 Å². The number of aryl methyl sites for hydroxylation is 1. The van der Waals surface area contributed by atoms with E-state index >= 15 is 0 Å². The summed E-state index contributed by atoms with van der Waals surface area (Å²) in [6.07, 6.45) is 1.48. The largest absolute Gasteiger partial charge is 0.497 e. The Morgan fingerprint density at radius 1 is 1.00 bits per heavy atom. The highest BCUT2D eigenvalue weighted by molar-refractivity contribution is 6.30. The van der Waals surface area contributed by atoms with Crippen LogP contribution in [0.25, 0.3) is 22.5 Å². The van der Waals surface area contributed by atoms with Crippen LogP contribution in [0.4, 0.5) is 0 Å². The Hall–Kier alpha value is -3.83. The number of carbonyl (C=O) groups excluding carboxylic acids is 1. The van der Waals surface area contributed by atoms with Crippen LogP contribution in [-0.2, 0) is 9.53 Å². The maximum Gasteiger partial charge on any atom is 0.331 e. The lowest BCUT2D eigenvalue weighted by Gasteiger charge is -2.09. The summed E-state index contributed by atoms with van der Waals surface area (Å²) in [5.74, 6) is 0.334. The molecule has 0 saturated carbocycles. The van der Waals surface area contributed by atoms with E-state index in [1.54, 1.807) is 26.2 Å². The number of hydrogen-bond acceptors (Lipinski definition) is 4. The quantitative estimate of drug-likeness (QED) is 0.227. The van der Waals surface area contributed by atoms with Gasteiger partial charge in [0.2, 0.25) is 0 Å². The van der Waals surface area contributed by atoms with Gasteiger partial charge in [-0.05, 0) is 61.9 Å². The first kappa shape index (κ1) is 23.3. The SMILES string of the molecule is CCOC(=O)/C=C(\c1ccc(Cl)cc1)c1cc(-c2ccc(C)cc2)n(-c2ccc(OC)cc2)n1. The number of benzene rings is 3. The van der Waals surface area contributed by atoms with Crippen LogP contribution in [0.1, 0.15) is 23.7 Å².